The molecule has 0 aliphatic carbocycles. The molecule has 1 atom stereocenters. The van der Waals surface area contributed by atoms with E-state index >= 15 is 0 Å². The highest BCUT2D eigenvalue weighted by Gasteiger charge is 2.50. The lowest BCUT2D eigenvalue weighted by atomic mass is 9.88. The minimum absolute atomic E-state index is 0.0424. The van der Waals surface area contributed by atoms with Crippen LogP contribution < -0.4 is 20.1 Å². The second-order valence-corrected chi connectivity index (χ2v) is 9.53. The van der Waals surface area contributed by atoms with Crippen molar-refractivity contribution in [3.8, 4) is 5.75 Å². The van der Waals surface area contributed by atoms with E-state index in [0.717, 1.165) is 11.8 Å². The summed E-state index contributed by atoms with van der Waals surface area (Å²) in [4.78, 5) is 51.4. The molecule has 1 fully saturated rings. The van der Waals surface area contributed by atoms with E-state index in [9.17, 15) is 27.6 Å². The second-order valence-electron chi connectivity index (χ2n) is 7.78. The molecule has 0 spiro atoms. The lowest BCUT2D eigenvalue weighted by Crippen LogP contribution is -2.52. The number of imide groups is 1. The number of ether oxygens (including phenoxy) is 1. The Morgan fingerprint density at radius 3 is 2.42 bits per heavy atom. The van der Waals surface area contributed by atoms with Crippen LogP contribution >= 0.6 is 0 Å². The number of amides is 5. The molecule has 172 valence electrons. The quantitative estimate of drug-likeness (QED) is 0.504. The van der Waals surface area contributed by atoms with Gasteiger partial charge in [0.25, 0.3) is 17.7 Å². The Balaban J connectivity index is 1.65. The average Bonchev–Trinajstić information content (AvgIpc) is 3.22. The van der Waals surface area contributed by atoms with Crippen molar-refractivity contribution in [1.82, 2.24) is 20.3 Å². The summed E-state index contributed by atoms with van der Waals surface area (Å²) < 4.78 is 29.6. The number of sulfonamides is 1. The van der Waals surface area contributed by atoms with Crippen molar-refractivity contribution in [2.75, 3.05) is 19.9 Å². The predicted octanol–water partition coefficient (Wildman–Crippen LogP) is 0.0753. The molecule has 2 aliphatic rings. The van der Waals surface area contributed by atoms with Gasteiger partial charge in [-0.25, -0.2) is 17.9 Å². The van der Waals surface area contributed by atoms with E-state index in [2.05, 4.69) is 10.6 Å². The first-order valence-corrected chi connectivity index (χ1v) is 11.6. The van der Waals surface area contributed by atoms with Crippen LogP contribution in [0.15, 0.2) is 42.5 Å². The van der Waals surface area contributed by atoms with Gasteiger partial charge in [-0.15, -0.1) is 0 Å². The van der Waals surface area contributed by atoms with Crippen LogP contribution in [0.2, 0.25) is 0 Å². The van der Waals surface area contributed by atoms with Crippen LogP contribution in [-0.2, 0) is 26.9 Å². The van der Waals surface area contributed by atoms with Gasteiger partial charge in [0.1, 0.15) is 5.75 Å². The molecule has 0 aromatic heterocycles. The Kier molecular flexibility index (Phi) is 5.32. The molecule has 0 saturated carbocycles. The average molecular weight is 472 g/mol. The van der Waals surface area contributed by atoms with Gasteiger partial charge in [-0.05, 0) is 35.4 Å². The predicted molar refractivity (Wildman–Crippen MR) is 115 cm³/mol. The van der Waals surface area contributed by atoms with Gasteiger partial charge in [0, 0.05) is 17.7 Å². The Morgan fingerprint density at radius 1 is 1.15 bits per heavy atom. The van der Waals surface area contributed by atoms with Crippen LogP contribution in [0.25, 0.3) is 0 Å². The summed E-state index contributed by atoms with van der Waals surface area (Å²) in [5, 5.41) is 4.80. The van der Waals surface area contributed by atoms with Gasteiger partial charge < -0.3 is 15.0 Å². The molecule has 3 N–H and O–H groups in total. The number of carbonyl (C=O) groups excluding carboxylic acids is 4. The first-order valence-electron chi connectivity index (χ1n) is 9.75. The van der Waals surface area contributed by atoms with E-state index in [1.165, 1.54) is 36.3 Å². The van der Waals surface area contributed by atoms with E-state index < -0.39 is 33.4 Å². The van der Waals surface area contributed by atoms with E-state index in [4.69, 9.17) is 4.74 Å². The monoisotopic (exact) mass is 472 g/mol. The fourth-order valence-corrected chi connectivity index (χ4v) is 4.37. The number of carbonyl (C=O) groups is 4. The summed E-state index contributed by atoms with van der Waals surface area (Å²) >= 11 is 0. The first kappa shape index (κ1) is 22.3. The number of methoxy groups -OCH3 is 1. The summed E-state index contributed by atoms with van der Waals surface area (Å²) in [6.45, 7) is 0.0766. The van der Waals surface area contributed by atoms with E-state index in [1.54, 1.807) is 18.2 Å². The minimum Gasteiger partial charge on any atom is -0.497 e. The topological polar surface area (TPSA) is 151 Å². The van der Waals surface area contributed by atoms with Crippen molar-refractivity contribution in [3.63, 3.8) is 0 Å². The third kappa shape index (κ3) is 4.12. The van der Waals surface area contributed by atoms with Crippen LogP contribution in [0.5, 0.6) is 5.75 Å². The van der Waals surface area contributed by atoms with Crippen molar-refractivity contribution in [2.45, 2.75) is 12.1 Å². The first-order chi connectivity index (χ1) is 15.5. The maximum Gasteiger partial charge on any atom is 0.322 e. The zero-order chi connectivity index (χ0) is 24.0. The van der Waals surface area contributed by atoms with Gasteiger partial charge in [0.2, 0.25) is 10.0 Å². The molecule has 2 aromatic carbocycles. The molecule has 0 radical (unpaired) electrons. The molecule has 2 aromatic rings. The van der Waals surface area contributed by atoms with Gasteiger partial charge in [0.15, 0.2) is 5.54 Å². The molecular formula is C21H20N4O7S. The van der Waals surface area contributed by atoms with Crippen LogP contribution in [0, 0.1) is 0 Å². The van der Waals surface area contributed by atoms with Gasteiger partial charge in [-0.2, -0.15) is 0 Å². The SMILES string of the molecule is COc1ccc2c(c1)C(=O)N(CC1(c3ccc(C(=O)NS(C)(=O)=O)cc3)NC(=O)NC1=O)C2. The number of benzene rings is 2. The van der Waals surface area contributed by atoms with Crippen LogP contribution in [0.4, 0.5) is 4.79 Å². The molecule has 2 heterocycles. The third-order valence-electron chi connectivity index (χ3n) is 5.48. The second kappa shape index (κ2) is 7.89. The van der Waals surface area contributed by atoms with Crippen LogP contribution in [0.1, 0.15) is 31.8 Å². The zero-order valence-corrected chi connectivity index (χ0v) is 18.5. The van der Waals surface area contributed by atoms with Gasteiger partial charge in [-0.1, -0.05) is 18.2 Å². The Hall–Kier alpha value is -3.93. The highest BCUT2D eigenvalue weighted by molar-refractivity contribution is 7.89. The molecule has 33 heavy (non-hydrogen) atoms. The lowest BCUT2D eigenvalue weighted by molar-refractivity contribution is -0.124. The molecule has 2 aliphatic heterocycles. The van der Waals surface area contributed by atoms with E-state index in [1.807, 2.05) is 4.72 Å². The molecular weight excluding hydrogens is 452 g/mol. The van der Waals surface area contributed by atoms with E-state index in [-0.39, 0.29) is 24.6 Å². The van der Waals surface area contributed by atoms with Crippen molar-refractivity contribution >= 4 is 33.8 Å². The molecule has 5 amide bonds. The number of nitrogens with one attached hydrogen (secondary N) is 3. The smallest absolute Gasteiger partial charge is 0.322 e. The minimum atomic E-state index is -3.75. The normalized spacial score (nSPS) is 19.7. The molecule has 12 heteroatoms. The molecule has 0 bridgehead atoms. The summed E-state index contributed by atoms with van der Waals surface area (Å²) in [6.07, 6.45) is 0.854. The van der Waals surface area contributed by atoms with Crippen molar-refractivity contribution in [3.05, 3.63) is 64.7 Å². The molecule has 1 unspecified atom stereocenters. The Morgan fingerprint density at radius 2 is 1.85 bits per heavy atom. The molecule has 1 saturated heterocycles. The van der Waals surface area contributed by atoms with Crippen molar-refractivity contribution in [1.29, 1.82) is 0 Å². The van der Waals surface area contributed by atoms with Crippen LogP contribution in [0.3, 0.4) is 0 Å². The fourth-order valence-electron chi connectivity index (χ4n) is 3.91. The number of fused-ring (bicyclic) bond motifs is 1. The van der Waals surface area contributed by atoms with Crippen LogP contribution in [-0.4, -0.2) is 57.0 Å². The summed E-state index contributed by atoms with van der Waals surface area (Å²) in [5.74, 6) is -1.28. The van der Waals surface area contributed by atoms with Gasteiger partial charge in [-0.3, -0.25) is 19.7 Å². The van der Waals surface area contributed by atoms with Gasteiger partial charge >= 0.3 is 6.03 Å². The summed E-state index contributed by atoms with van der Waals surface area (Å²) in [6, 6.07) is 9.92. The third-order valence-corrected chi connectivity index (χ3v) is 6.04. The molecule has 4 rings (SSSR count). The summed E-state index contributed by atoms with van der Waals surface area (Å²) in [5.41, 5.74) is -0.0237. The lowest BCUT2D eigenvalue weighted by Gasteiger charge is -2.31. The highest BCUT2D eigenvalue weighted by atomic mass is 32.2. The maximum atomic E-state index is 13.0. The maximum absolute atomic E-state index is 13.0. The van der Waals surface area contributed by atoms with Crippen molar-refractivity contribution in [2.24, 2.45) is 0 Å². The fraction of sp³-hybridized carbons (Fsp3) is 0.238. The summed E-state index contributed by atoms with van der Waals surface area (Å²) in [7, 11) is -2.26. The largest absolute Gasteiger partial charge is 0.497 e. The Bertz CT molecular complexity index is 1290. The van der Waals surface area contributed by atoms with E-state index in [0.29, 0.717) is 16.9 Å². The van der Waals surface area contributed by atoms with Gasteiger partial charge in [0.05, 0.1) is 19.9 Å². The number of hydrogen-bond acceptors (Lipinski definition) is 7. The number of hydrogen-bond donors (Lipinski definition) is 3. The Labute approximate surface area is 189 Å². The van der Waals surface area contributed by atoms with Crippen molar-refractivity contribution < 1.29 is 32.3 Å². The highest BCUT2D eigenvalue weighted by Crippen LogP contribution is 2.32. The number of urea groups is 1. The molecule has 11 nitrogen and oxygen atoms in total. The number of rotatable bonds is 6. The standard InChI is InChI=1S/C21H20N4O7S/c1-32-15-8-5-13-10-25(18(27)16(13)9-15)11-21(19(28)22-20(29)23-21)14-6-3-12(4-7-14)17(26)24-33(2,30)31/h3-9H,10-11H2,1-2H3,(H,24,26)(H2,22,23,28,29). The number of nitrogens with zero attached hydrogens (tertiary/aromatic N) is 1. The zero-order valence-electron chi connectivity index (χ0n) is 17.7.